The van der Waals surface area contributed by atoms with Crippen molar-refractivity contribution < 1.29 is 13.2 Å². The maximum atomic E-state index is 13.1. The van der Waals surface area contributed by atoms with E-state index in [1.807, 2.05) is 61.7 Å². The van der Waals surface area contributed by atoms with Gasteiger partial charge < -0.3 is 5.32 Å². The van der Waals surface area contributed by atoms with E-state index in [0.29, 0.717) is 36.7 Å². The molecule has 2 aromatic heterocycles. The number of carbonyl (C=O) groups is 1. The molecule has 1 unspecified atom stereocenters. The number of hydrogen-bond acceptors (Lipinski definition) is 5. The third-order valence-corrected chi connectivity index (χ3v) is 7.92. The molecule has 1 aromatic carbocycles. The summed E-state index contributed by atoms with van der Waals surface area (Å²) in [4.78, 5) is 13.2. The highest BCUT2D eigenvalue weighted by Gasteiger charge is 2.33. The molecule has 1 N–H and O–H groups in total. The van der Waals surface area contributed by atoms with Gasteiger partial charge in [-0.25, -0.2) is 8.42 Å². The first-order chi connectivity index (χ1) is 14.8. The smallest absolute Gasteiger partial charge is 0.243 e. The fraction of sp³-hybridized carbons (Fsp3) is 0.409. The Kier molecular flexibility index (Phi) is 5.81. The summed E-state index contributed by atoms with van der Waals surface area (Å²) in [7, 11) is -3.56. The molecule has 3 heterocycles. The number of aromatic nitrogens is 3. The van der Waals surface area contributed by atoms with Crippen LogP contribution in [0.25, 0.3) is 5.65 Å². The predicted molar refractivity (Wildman–Crippen MR) is 117 cm³/mol. The Balaban J connectivity index is 1.39. The molecule has 1 amide bonds. The number of hydrogen-bond donors (Lipinski definition) is 1. The van der Waals surface area contributed by atoms with Crippen molar-refractivity contribution in [2.75, 3.05) is 13.1 Å². The summed E-state index contributed by atoms with van der Waals surface area (Å²) < 4.78 is 29.5. The van der Waals surface area contributed by atoms with E-state index in [9.17, 15) is 13.2 Å². The Labute approximate surface area is 182 Å². The number of rotatable bonds is 5. The van der Waals surface area contributed by atoms with Gasteiger partial charge in [0.15, 0.2) is 11.5 Å². The van der Waals surface area contributed by atoms with Crippen LogP contribution in [-0.4, -0.2) is 46.3 Å². The van der Waals surface area contributed by atoms with E-state index < -0.39 is 10.0 Å². The lowest BCUT2D eigenvalue weighted by Crippen LogP contribution is -2.43. The van der Waals surface area contributed by atoms with E-state index in [4.69, 9.17) is 0 Å². The van der Waals surface area contributed by atoms with Gasteiger partial charge in [0, 0.05) is 25.2 Å². The lowest BCUT2D eigenvalue weighted by Gasteiger charge is -2.31. The number of pyridine rings is 1. The molecule has 1 aliphatic rings. The Morgan fingerprint density at radius 1 is 1.13 bits per heavy atom. The first kappa shape index (κ1) is 21.5. The molecular formula is C22H27N5O3S. The van der Waals surface area contributed by atoms with Gasteiger partial charge in [0.1, 0.15) is 0 Å². The van der Waals surface area contributed by atoms with Crippen LogP contribution >= 0.6 is 0 Å². The molecule has 1 atom stereocenters. The molecule has 31 heavy (non-hydrogen) atoms. The minimum atomic E-state index is -3.56. The van der Waals surface area contributed by atoms with E-state index in [1.54, 1.807) is 6.07 Å². The SMILES string of the molecule is Cc1ccc(S(=O)(=O)N2CCC(C(=O)NC(C)c3nnc4ccccn34)CC2)c(C)c1. The van der Waals surface area contributed by atoms with Crippen molar-refractivity contribution in [3.05, 3.63) is 59.5 Å². The van der Waals surface area contributed by atoms with E-state index in [0.717, 1.165) is 16.8 Å². The third-order valence-electron chi connectivity index (χ3n) is 5.86. The topological polar surface area (TPSA) is 96.7 Å². The number of piperidine rings is 1. The molecular weight excluding hydrogens is 414 g/mol. The van der Waals surface area contributed by atoms with Crippen molar-refractivity contribution >= 4 is 21.6 Å². The summed E-state index contributed by atoms with van der Waals surface area (Å²) in [6.07, 6.45) is 2.84. The fourth-order valence-electron chi connectivity index (χ4n) is 4.14. The van der Waals surface area contributed by atoms with Crippen molar-refractivity contribution in [2.45, 2.75) is 44.6 Å². The second kappa shape index (κ2) is 8.39. The quantitative estimate of drug-likeness (QED) is 0.657. The fourth-order valence-corrected chi connectivity index (χ4v) is 5.81. The lowest BCUT2D eigenvalue weighted by atomic mass is 9.97. The summed E-state index contributed by atoms with van der Waals surface area (Å²) in [6, 6.07) is 10.7. The van der Waals surface area contributed by atoms with Crippen LogP contribution in [-0.2, 0) is 14.8 Å². The van der Waals surface area contributed by atoms with Crippen LogP contribution in [0.15, 0.2) is 47.5 Å². The maximum Gasteiger partial charge on any atom is 0.243 e. The van der Waals surface area contributed by atoms with Gasteiger partial charge in [-0.3, -0.25) is 9.20 Å². The molecule has 0 bridgehead atoms. The van der Waals surface area contributed by atoms with Gasteiger partial charge in [-0.05, 0) is 57.4 Å². The van der Waals surface area contributed by atoms with Crippen LogP contribution < -0.4 is 5.32 Å². The number of amides is 1. The normalized spacial score (nSPS) is 17.0. The zero-order valence-corrected chi connectivity index (χ0v) is 18.8. The van der Waals surface area contributed by atoms with Gasteiger partial charge >= 0.3 is 0 Å². The molecule has 1 aliphatic heterocycles. The number of aryl methyl sites for hydroxylation is 2. The molecule has 0 radical (unpaired) electrons. The number of nitrogens with one attached hydrogen (secondary N) is 1. The van der Waals surface area contributed by atoms with Crippen molar-refractivity contribution in [3.8, 4) is 0 Å². The molecule has 164 valence electrons. The first-order valence-electron chi connectivity index (χ1n) is 10.4. The highest BCUT2D eigenvalue weighted by molar-refractivity contribution is 7.89. The highest BCUT2D eigenvalue weighted by atomic mass is 32.2. The summed E-state index contributed by atoms with van der Waals surface area (Å²) in [6.45, 7) is 6.29. The standard InChI is InChI=1S/C22H27N5O3S/c1-15-7-8-19(16(2)14-15)31(29,30)26-12-9-18(10-13-26)22(28)23-17(3)21-25-24-20-6-4-5-11-27(20)21/h4-8,11,14,17-18H,9-10,12-13H2,1-3H3,(H,23,28). The first-order valence-corrected chi connectivity index (χ1v) is 11.9. The van der Waals surface area contributed by atoms with Gasteiger partial charge in [0.25, 0.3) is 0 Å². The highest BCUT2D eigenvalue weighted by Crippen LogP contribution is 2.27. The van der Waals surface area contributed by atoms with Crippen molar-refractivity contribution in [1.29, 1.82) is 0 Å². The second-order valence-electron chi connectivity index (χ2n) is 8.16. The van der Waals surface area contributed by atoms with E-state index in [-0.39, 0.29) is 17.9 Å². The molecule has 3 aromatic rings. The monoisotopic (exact) mass is 441 g/mol. The van der Waals surface area contributed by atoms with E-state index >= 15 is 0 Å². The molecule has 4 rings (SSSR count). The van der Waals surface area contributed by atoms with Crippen LogP contribution in [0.5, 0.6) is 0 Å². The van der Waals surface area contributed by atoms with E-state index in [2.05, 4.69) is 15.5 Å². The van der Waals surface area contributed by atoms with Crippen LogP contribution in [0.2, 0.25) is 0 Å². The predicted octanol–water partition coefficient (Wildman–Crippen LogP) is 2.62. The van der Waals surface area contributed by atoms with E-state index in [1.165, 1.54) is 4.31 Å². The van der Waals surface area contributed by atoms with Crippen LogP contribution in [0, 0.1) is 19.8 Å². The summed E-state index contributed by atoms with van der Waals surface area (Å²) >= 11 is 0. The van der Waals surface area contributed by atoms with Crippen LogP contribution in [0.1, 0.15) is 42.8 Å². The summed E-state index contributed by atoms with van der Waals surface area (Å²) in [5.74, 6) is 0.356. The van der Waals surface area contributed by atoms with Gasteiger partial charge in [-0.2, -0.15) is 4.31 Å². The number of nitrogens with zero attached hydrogens (tertiary/aromatic N) is 4. The minimum Gasteiger partial charge on any atom is -0.346 e. The Morgan fingerprint density at radius 3 is 2.58 bits per heavy atom. The Bertz CT molecular complexity index is 1210. The molecule has 8 nitrogen and oxygen atoms in total. The average molecular weight is 442 g/mol. The third kappa shape index (κ3) is 4.20. The number of carbonyl (C=O) groups excluding carboxylic acids is 1. The Hall–Kier alpha value is -2.78. The Morgan fingerprint density at radius 2 is 1.87 bits per heavy atom. The zero-order valence-electron chi connectivity index (χ0n) is 17.9. The number of benzene rings is 1. The van der Waals surface area contributed by atoms with Crippen LogP contribution in [0.4, 0.5) is 0 Å². The second-order valence-corrected chi connectivity index (χ2v) is 10.1. The zero-order chi connectivity index (χ0) is 22.2. The minimum absolute atomic E-state index is 0.0799. The summed E-state index contributed by atoms with van der Waals surface area (Å²) in [5.41, 5.74) is 2.50. The average Bonchev–Trinajstić information content (AvgIpc) is 3.18. The number of sulfonamides is 1. The van der Waals surface area contributed by atoms with Crippen molar-refractivity contribution in [3.63, 3.8) is 0 Å². The lowest BCUT2D eigenvalue weighted by molar-refractivity contribution is -0.126. The summed E-state index contributed by atoms with van der Waals surface area (Å²) in [5, 5.41) is 11.3. The molecule has 1 saturated heterocycles. The molecule has 0 aliphatic carbocycles. The van der Waals surface area contributed by atoms with Crippen molar-refractivity contribution in [2.24, 2.45) is 5.92 Å². The molecule has 9 heteroatoms. The van der Waals surface area contributed by atoms with Gasteiger partial charge in [0.2, 0.25) is 15.9 Å². The molecule has 0 spiro atoms. The van der Waals surface area contributed by atoms with Gasteiger partial charge in [0.05, 0.1) is 10.9 Å². The number of fused-ring (bicyclic) bond motifs is 1. The maximum absolute atomic E-state index is 13.1. The largest absolute Gasteiger partial charge is 0.346 e. The van der Waals surface area contributed by atoms with Gasteiger partial charge in [-0.15, -0.1) is 10.2 Å². The molecule has 0 saturated carbocycles. The van der Waals surface area contributed by atoms with Crippen LogP contribution in [0.3, 0.4) is 0 Å². The van der Waals surface area contributed by atoms with Gasteiger partial charge in [-0.1, -0.05) is 23.8 Å². The van der Waals surface area contributed by atoms with Crippen molar-refractivity contribution in [1.82, 2.24) is 24.2 Å². The molecule has 1 fully saturated rings.